The lowest BCUT2D eigenvalue weighted by Crippen LogP contribution is -2.25. The van der Waals surface area contributed by atoms with Crippen LogP contribution in [0.5, 0.6) is 0 Å². The number of anilines is 1. The van der Waals surface area contributed by atoms with E-state index in [1.54, 1.807) is 18.5 Å². The predicted octanol–water partition coefficient (Wildman–Crippen LogP) is 0.580. The lowest BCUT2D eigenvalue weighted by molar-refractivity contribution is -0.116. The van der Waals surface area contributed by atoms with E-state index in [2.05, 4.69) is 15.3 Å². The van der Waals surface area contributed by atoms with Crippen LogP contribution in [0, 0.1) is 6.92 Å². The molecule has 0 aliphatic rings. The molecule has 0 atom stereocenters. The summed E-state index contributed by atoms with van der Waals surface area (Å²) >= 11 is 1.08. The van der Waals surface area contributed by atoms with E-state index in [0.717, 1.165) is 17.0 Å². The Morgan fingerprint density at radius 1 is 1.69 bits per heavy atom. The molecular weight excluding hydrogens is 228 g/mol. The first kappa shape index (κ1) is 10.6. The summed E-state index contributed by atoms with van der Waals surface area (Å²) in [4.78, 5) is 29.4. The van der Waals surface area contributed by atoms with Crippen molar-refractivity contribution in [1.29, 1.82) is 0 Å². The molecule has 0 fully saturated rings. The van der Waals surface area contributed by atoms with Gasteiger partial charge in [0.15, 0.2) is 0 Å². The minimum atomic E-state index is -0.279. The Morgan fingerprint density at radius 2 is 2.50 bits per heavy atom. The van der Waals surface area contributed by atoms with Crippen molar-refractivity contribution in [1.82, 2.24) is 14.5 Å². The zero-order valence-corrected chi connectivity index (χ0v) is 9.37. The summed E-state index contributed by atoms with van der Waals surface area (Å²) in [7, 11) is 0. The number of nitrogens with zero attached hydrogens (tertiary/aromatic N) is 2. The largest absolute Gasteiger partial charge is 0.331 e. The number of aromatic nitrogens is 3. The molecule has 7 heteroatoms. The smallest absolute Gasteiger partial charge is 0.307 e. The van der Waals surface area contributed by atoms with Crippen molar-refractivity contribution in [3.8, 4) is 0 Å². The van der Waals surface area contributed by atoms with Crippen LogP contribution in [0.1, 0.15) is 5.69 Å². The SMILES string of the molecule is Cc1csc(=O)n1CC(=O)Nc1ncc[nH]1. The third-order valence-electron chi connectivity index (χ3n) is 2.03. The molecule has 6 nitrogen and oxygen atoms in total. The summed E-state index contributed by atoms with van der Waals surface area (Å²) in [5.74, 6) is 0.101. The minimum Gasteiger partial charge on any atom is -0.331 e. The summed E-state index contributed by atoms with van der Waals surface area (Å²) in [6.45, 7) is 1.80. The maximum absolute atomic E-state index is 11.6. The first-order chi connectivity index (χ1) is 7.66. The van der Waals surface area contributed by atoms with Crippen molar-refractivity contribution in [3.05, 3.63) is 33.1 Å². The maximum Gasteiger partial charge on any atom is 0.307 e. The molecule has 0 aliphatic heterocycles. The topological polar surface area (TPSA) is 79.8 Å². The van der Waals surface area contributed by atoms with E-state index in [-0.39, 0.29) is 17.3 Å². The molecule has 1 amide bonds. The number of hydrogen-bond donors (Lipinski definition) is 2. The molecule has 0 saturated carbocycles. The van der Waals surface area contributed by atoms with Crippen LogP contribution < -0.4 is 10.2 Å². The molecule has 2 heterocycles. The third kappa shape index (κ3) is 2.19. The number of aromatic amines is 1. The van der Waals surface area contributed by atoms with Crippen molar-refractivity contribution in [2.24, 2.45) is 0 Å². The Balaban J connectivity index is 2.06. The van der Waals surface area contributed by atoms with Gasteiger partial charge in [-0.2, -0.15) is 0 Å². The summed E-state index contributed by atoms with van der Waals surface area (Å²) in [5.41, 5.74) is 0.782. The van der Waals surface area contributed by atoms with Crippen molar-refractivity contribution in [2.75, 3.05) is 5.32 Å². The Kier molecular flexibility index (Phi) is 2.86. The number of H-pyrrole nitrogens is 1. The Morgan fingerprint density at radius 3 is 3.06 bits per heavy atom. The number of imidazole rings is 1. The van der Waals surface area contributed by atoms with E-state index in [9.17, 15) is 9.59 Å². The molecule has 0 radical (unpaired) electrons. The van der Waals surface area contributed by atoms with Crippen LogP contribution in [0.15, 0.2) is 22.6 Å². The Labute approximate surface area is 95.0 Å². The first-order valence-electron chi connectivity index (χ1n) is 4.61. The molecule has 0 unspecified atom stereocenters. The van der Waals surface area contributed by atoms with Crippen LogP contribution in [0.25, 0.3) is 0 Å². The van der Waals surface area contributed by atoms with Gasteiger partial charge in [0.05, 0.1) is 0 Å². The van der Waals surface area contributed by atoms with Crippen molar-refractivity contribution in [2.45, 2.75) is 13.5 Å². The van der Waals surface area contributed by atoms with Crippen LogP contribution in [0.2, 0.25) is 0 Å². The van der Waals surface area contributed by atoms with Gasteiger partial charge in [-0.3, -0.25) is 19.5 Å². The normalized spacial score (nSPS) is 10.3. The summed E-state index contributed by atoms with van der Waals surface area (Å²) in [5, 5.41) is 4.28. The molecule has 2 N–H and O–H groups in total. The van der Waals surface area contributed by atoms with E-state index in [0.29, 0.717) is 5.95 Å². The standard InChI is InChI=1S/C9H10N4O2S/c1-6-5-16-9(15)13(6)4-7(14)12-8-10-2-3-11-8/h2-3,5H,4H2,1H3,(H2,10,11,12,14). The van der Waals surface area contributed by atoms with Gasteiger partial charge in [0.1, 0.15) is 6.54 Å². The Hall–Kier alpha value is -1.89. The lowest BCUT2D eigenvalue weighted by Gasteiger charge is -2.03. The fourth-order valence-corrected chi connectivity index (χ4v) is 1.98. The molecule has 16 heavy (non-hydrogen) atoms. The van der Waals surface area contributed by atoms with Gasteiger partial charge >= 0.3 is 4.87 Å². The van der Waals surface area contributed by atoms with Crippen molar-refractivity contribution < 1.29 is 4.79 Å². The van der Waals surface area contributed by atoms with E-state index < -0.39 is 0 Å². The van der Waals surface area contributed by atoms with E-state index >= 15 is 0 Å². The van der Waals surface area contributed by atoms with E-state index in [1.807, 2.05) is 0 Å². The van der Waals surface area contributed by atoms with Crippen LogP contribution in [-0.2, 0) is 11.3 Å². The number of nitrogens with one attached hydrogen (secondary N) is 2. The zero-order valence-electron chi connectivity index (χ0n) is 8.56. The van der Waals surface area contributed by atoms with Gasteiger partial charge in [-0.25, -0.2) is 4.98 Å². The maximum atomic E-state index is 11.6. The molecule has 0 bridgehead atoms. The Bertz CT molecular complexity index is 540. The number of carbonyl (C=O) groups is 1. The van der Waals surface area contributed by atoms with Gasteiger partial charge in [-0.05, 0) is 6.92 Å². The van der Waals surface area contributed by atoms with Gasteiger partial charge in [0.25, 0.3) is 0 Å². The van der Waals surface area contributed by atoms with E-state index in [1.165, 1.54) is 10.8 Å². The highest BCUT2D eigenvalue weighted by Gasteiger charge is 2.09. The molecule has 2 rings (SSSR count). The highest BCUT2D eigenvalue weighted by Crippen LogP contribution is 2.00. The highest BCUT2D eigenvalue weighted by atomic mass is 32.1. The average Bonchev–Trinajstić information content (AvgIpc) is 2.83. The third-order valence-corrected chi connectivity index (χ3v) is 2.92. The molecule has 0 aromatic carbocycles. The van der Waals surface area contributed by atoms with Gasteiger partial charge < -0.3 is 4.98 Å². The van der Waals surface area contributed by atoms with Crippen LogP contribution >= 0.6 is 11.3 Å². The van der Waals surface area contributed by atoms with Crippen LogP contribution in [-0.4, -0.2) is 20.4 Å². The van der Waals surface area contributed by atoms with Crippen molar-refractivity contribution in [3.63, 3.8) is 0 Å². The number of amides is 1. The number of hydrogen-bond acceptors (Lipinski definition) is 4. The number of rotatable bonds is 3. The summed E-state index contributed by atoms with van der Waals surface area (Å²) in [6.07, 6.45) is 3.15. The zero-order chi connectivity index (χ0) is 11.5. The summed E-state index contributed by atoms with van der Waals surface area (Å²) < 4.78 is 1.42. The molecule has 2 aromatic rings. The summed E-state index contributed by atoms with van der Waals surface area (Å²) in [6, 6.07) is 0. The first-order valence-corrected chi connectivity index (χ1v) is 5.49. The molecule has 2 aromatic heterocycles. The molecule has 0 saturated heterocycles. The average molecular weight is 238 g/mol. The minimum absolute atomic E-state index is 0.00880. The molecule has 0 aliphatic carbocycles. The number of thiazole rings is 1. The fourth-order valence-electron chi connectivity index (χ4n) is 1.24. The van der Waals surface area contributed by atoms with Gasteiger partial charge in [0.2, 0.25) is 11.9 Å². The van der Waals surface area contributed by atoms with Gasteiger partial charge in [-0.1, -0.05) is 11.3 Å². The van der Waals surface area contributed by atoms with Crippen LogP contribution in [0.4, 0.5) is 5.95 Å². The second-order valence-corrected chi connectivity index (χ2v) is 4.04. The molecule has 84 valence electrons. The second-order valence-electron chi connectivity index (χ2n) is 3.22. The monoisotopic (exact) mass is 238 g/mol. The van der Waals surface area contributed by atoms with Gasteiger partial charge in [-0.15, -0.1) is 0 Å². The van der Waals surface area contributed by atoms with Gasteiger partial charge in [0, 0.05) is 23.5 Å². The van der Waals surface area contributed by atoms with Crippen molar-refractivity contribution >= 4 is 23.2 Å². The second kappa shape index (κ2) is 4.31. The number of carbonyl (C=O) groups excluding carboxylic acids is 1. The lowest BCUT2D eigenvalue weighted by atomic mass is 10.5. The fraction of sp³-hybridized carbons (Fsp3) is 0.222. The van der Waals surface area contributed by atoms with Crippen LogP contribution in [0.3, 0.4) is 0 Å². The molecule has 0 spiro atoms. The quantitative estimate of drug-likeness (QED) is 0.820. The van der Waals surface area contributed by atoms with E-state index in [4.69, 9.17) is 0 Å². The highest BCUT2D eigenvalue weighted by molar-refractivity contribution is 7.07. The number of aryl methyl sites for hydroxylation is 1. The molecular formula is C9H10N4O2S. The predicted molar refractivity (Wildman–Crippen MR) is 60.5 cm³/mol.